The van der Waals surface area contributed by atoms with E-state index in [2.05, 4.69) is 30.8 Å². The van der Waals surface area contributed by atoms with Crippen molar-refractivity contribution in [2.24, 2.45) is 0 Å². The molecule has 1 rings (SSSR count). The molecule has 0 aromatic heterocycles. The molecule has 0 aliphatic heterocycles. The summed E-state index contributed by atoms with van der Waals surface area (Å²) < 4.78 is 50.0. The molecule has 0 radical (unpaired) electrons. The molecule has 9 heteroatoms. The number of halogens is 3. The number of nitrogens with one attached hydrogen (secondary N) is 1. The summed E-state index contributed by atoms with van der Waals surface area (Å²) >= 11 is 0. The van der Waals surface area contributed by atoms with Crippen LogP contribution in [0.25, 0.3) is 0 Å². The third-order valence-electron chi connectivity index (χ3n) is 4.94. The second kappa shape index (κ2) is 9.08. The highest BCUT2D eigenvalue weighted by Gasteiger charge is 2.38. The van der Waals surface area contributed by atoms with E-state index < -0.39 is 43.5 Å². The van der Waals surface area contributed by atoms with Gasteiger partial charge in [-0.1, -0.05) is 32.9 Å². The highest BCUT2D eigenvalue weighted by atomic mass is 28.4. The molecule has 0 bridgehead atoms. The highest BCUT2D eigenvalue weighted by molar-refractivity contribution is 6.74. The summed E-state index contributed by atoms with van der Waals surface area (Å²) in [6.07, 6.45) is -4.58. The van der Waals surface area contributed by atoms with Gasteiger partial charge < -0.3 is 14.5 Å². The molecule has 1 N–H and O–H groups in total. The van der Waals surface area contributed by atoms with Crippen LogP contribution in [0.15, 0.2) is 24.3 Å². The van der Waals surface area contributed by atoms with Crippen LogP contribution in [0.1, 0.15) is 43.1 Å². The molecular formula is C19H28F3NO4Si. The van der Waals surface area contributed by atoms with E-state index in [-0.39, 0.29) is 18.1 Å². The Labute approximate surface area is 164 Å². The van der Waals surface area contributed by atoms with E-state index in [0.717, 1.165) is 19.2 Å². The van der Waals surface area contributed by atoms with Crippen LogP contribution in [0.5, 0.6) is 0 Å². The van der Waals surface area contributed by atoms with Crippen molar-refractivity contribution in [2.45, 2.75) is 57.5 Å². The summed E-state index contributed by atoms with van der Waals surface area (Å²) in [6, 6.07) is 3.31. The van der Waals surface area contributed by atoms with Gasteiger partial charge in [-0.25, -0.2) is 4.79 Å². The summed E-state index contributed by atoms with van der Waals surface area (Å²) in [4.78, 5) is 24.4. The quantitative estimate of drug-likeness (QED) is 0.526. The number of hydrogen-bond donors (Lipinski definition) is 1. The van der Waals surface area contributed by atoms with Gasteiger partial charge in [0.2, 0.25) is 0 Å². The molecule has 1 aromatic carbocycles. The standard InChI is InChI=1S/C19H28F3NO4Si/c1-18(2,3)28(5,6)27-12-11-15(17(25)26-4)23-16(24)13-9-7-8-10-14(13)19(20,21)22/h7-10,15H,11-12H2,1-6H3,(H,23,24)/t15-/m0/s1. The lowest BCUT2D eigenvalue weighted by Gasteiger charge is -2.36. The fourth-order valence-electron chi connectivity index (χ4n) is 2.20. The van der Waals surface area contributed by atoms with Crippen LogP contribution in [-0.4, -0.2) is 40.0 Å². The van der Waals surface area contributed by atoms with Gasteiger partial charge in [-0.15, -0.1) is 0 Å². The molecule has 28 heavy (non-hydrogen) atoms. The molecule has 0 saturated heterocycles. The van der Waals surface area contributed by atoms with E-state index in [1.165, 1.54) is 12.1 Å². The Balaban J connectivity index is 2.91. The molecule has 0 aliphatic rings. The second-order valence-corrected chi connectivity index (χ2v) is 12.8. The lowest BCUT2D eigenvalue weighted by Crippen LogP contribution is -2.45. The summed E-state index contributed by atoms with van der Waals surface area (Å²) in [7, 11) is -0.915. The molecule has 5 nitrogen and oxygen atoms in total. The third-order valence-corrected chi connectivity index (χ3v) is 9.48. The fourth-order valence-corrected chi connectivity index (χ4v) is 3.27. The lowest BCUT2D eigenvalue weighted by atomic mass is 10.1. The van der Waals surface area contributed by atoms with Crippen molar-refractivity contribution in [1.82, 2.24) is 5.32 Å². The molecular weight excluding hydrogens is 391 g/mol. The molecule has 0 fully saturated rings. The Morgan fingerprint density at radius 1 is 1.14 bits per heavy atom. The Morgan fingerprint density at radius 3 is 2.21 bits per heavy atom. The van der Waals surface area contributed by atoms with Gasteiger partial charge in [0.05, 0.1) is 18.2 Å². The summed E-state index contributed by atoms with van der Waals surface area (Å²) in [6.45, 7) is 10.4. The number of hydrogen-bond acceptors (Lipinski definition) is 4. The Morgan fingerprint density at radius 2 is 1.71 bits per heavy atom. The van der Waals surface area contributed by atoms with Crippen LogP contribution in [0.3, 0.4) is 0 Å². The van der Waals surface area contributed by atoms with E-state index >= 15 is 0 Å². The molecule has 1 atom stereocenters. The summed E-state index contributed by atoms with van der Waals surface area (Å²) in [5, 5.41) is 2.30. The lowest BCUT2D eigenvalue weighted by molar-refractivity contribution is -0.143. The van der Waals surface area contributed by atoms with Gasteiger partial charge in [0.15, 0.2) is 8.32 Å². The first-order chi connectivity index (χ1) is 12.7. The van der Waals surface area contributed by atoms with Gasteiger partial charge in [0.1, 0.15) is 6.04 Å². The maximum atomic E-state index is 13.1. The van der Waals surface area contributed by atoms with E-state index in [0.29, 0.717) is 0 Å². The Hall–Kier alpha value is -1.87. The zero-order valence-corrected chi connectivity index (χ0v) is 18.1. The molecule has 158 valence electrons. The first-order valence-electron chi connectivity index (χ1n) is 8.89. The molecule has 1 amide bonds. The minimum Gasteiger partial charge on any atom is -0.467 e. The molecule has 1 aromatic rings. The van der Waals surface area contributed by atoms with Crippen LogP contribution >= 0.6 is 0 Å². The van der Waals surface area contributed by atoms with Gasteiger partial charge in [-0.2, -0.15) is 13.2 Å². The predicted molar refractivity (Wildman–Crippen MR) is 102 cm³/mol. The average molecular weight is 420 g/mol. The van der Waals surface area contributed by atoms with E-state index in [1.807, 2.05) is 13.1 Å². The number of carbonyl (C=O) groups excluding carboxylic acids is 2. The van der Waals surface area contributed by atoms with Crippen LogP contribution in [0, 0.1) is 0 Å². The predicted octanol–water partition coefficient (Wildman–Crippen LogP) is 4.39. The van der Waals surface area contributed by atoms with Crippen molar-refractivity contribution in [3.8, 4) is 0 Å². The number of methoxy groups -OCH3 is 1. The SMILES string of the molecule is COC(=O)[C@H](CCO[Si](C)(C)C(C)(C)C)NC(=O)c1ccccc1C(F)(F)F. The third kappa shape index (κ3) is 6.34. The van der Waals surface area contributed by atoms with Crippen molar-refractivity contribution in [3.05, 3.63) is 35.4 Å². The van der Waals surface area contributed by atoms with Crippen molar-refractivity contribution >= 4 is 20.2 Å². The molecule has 0 aliphatic carbocycles. The normalized spacial score (nSPS) is 13.8. The molecule has 0 saturated carbocycles. The number of amides is 1. The number of benzene rings is 1. The minimum absolute atomic E-state index is 0.0390. The summed E-state index contributed by atoms with van der Waals surface area (Å²) in [5.41, 5.74) is -1.61. The largest absolute Gasteiger partial charge is 0.467 e. The van der Waals surface area contributed by atoms with Crippen LogP contribution in [-0.2, 0) is 20.1 Å². The van der Waals surface area contributed by atoms with Crippen molar-refractivity contribution in [2.75, 3.05) is 13.7 Å². The number of rotatable bonds is 7. The number of ether oxygens (including phenoxy) is 1. The van der Waals surface area contributed by atoms with E-state index in [1.54, 1.807) is 0 Å². The zero-order chi connectivity index (χ0) is 21.8. The van der Waals surface area contributed by atoms with Crippen LogP contribution in [0.4, 0.5) is 13.2 Å². The van der Waals surface area contributed by atoms with Gasteiger partial charge in [0, 0.05) is 13.0 Å². The van der Waals surface area contributed by atoms with Gasteiger partial charge in [-0.05, 0) is 30.3 Å². The number of esters is 1. The van der Waals surface area contributed by atoms with E-state index in [9.17, 15) is 22.8 Å². The minimum atomic E-state index is -4.68. The Kier molecular flexibility index (Phi) is 7.84. The summed E-state index contributed by atoms with van der Waals surface area (Å²) in [5.74, 6) is -1.73. The molecule has 0 unspecified atom stereocenters. The van der Waals surface area contributed by atoms with Gasteiger partial charge in [-0.3, -0.25) is 4.79 Å². The van der Waals surface area contributed by atoms with E-state index in [4.69, 9.17) is 4.43 Å². The molecule has 0 spiro atoms. The maximum Gasteiger partial charge on any atom is 0.417 e. The smallest absolute Gasteiger partial charge is 0.417 e. The Bertz CT molecular complexity index is 699. The highest BCUT2D eigenvalue weighted by Crippen LogP contribution is 2.36. The number of alkyl halides is 3. The first-order valence-corrected chi connectivity index (χ1v) is 11.8. The van der Waals surface area contributed by atoms with Crippen LogP contribution < -0.4 is 5.32 Å². The number of carbonyl (C=O) groups is 2. The van der Waals surface area contributed by atoms with Crippen LogP contribution in [0.2, 0.25) is 18.1 Å². The zero-order valence-electron chi connectivity index (χ0n) is 17.1. The maximum absolute atomic E-state index is 13.1. The first kappa shape index (κ1) is 24.2. The van der Waals surface area contributed by atoms with Crippen molar-refractivity contribution < 1.29 is 31.9 Å². The van der Waals surface area contributed by atoms with Gasteiger partial charge in [0.25, 0.3) is 5.91 Å². The van der Waals surface area contributed by atoms with Crippen molar-refractivity contribution in [3.63, 3.8) is 0 Å². The fraction of sp³-hybridized carbons (Fsp3) is 0.579. The topological polar surface area (TPSA) is 64.6 Å². The van der Waals surface area contributed by atoms with Crippen molar-refractivity contribution in [1.29, 1.82) is 0 Å². The monoisotopic (exact) mass is 419 g/mol. The average Bonchev–Trinajstić information content (AvgIpc) is 2.58. The van der Waals surface area contributed by atoms with Gasteiger partial charge >= 0.3 is 12.1 Å². The second-order valence-electron chi connectivity index (χ2n) is 7.99. The molecule has 0 heterocycles.